The van der Waals surface area contributed by atoms with Crippen molar-refractivity contribution in [1.29, 1.82) is 0 Å². The van der Waals surface area contributed by atoms with E-state index in [1.54, 1.807) is 40.3 Å². The van der Waals surface area contributed by atoms with Crippen molar-refractivity contribution in [2.45, 2.75) is 39.2 Å². The minimum absolute atomic E-state index is 0.111. The predicted molar refractivity (Wildman–Crippen MR) is 129 cm³/mol. The molecular formula is C26H28FN5O2. The van der Waals surface area contributed by atoms with Crippen molar-refractivity contribution >= 4 is 28.9 Å². The lowest BCUT2D eigenvalue weighted by atomic mass is 9.85. The number of rotatable bonds is 4. The van der Waals surface area contributed by atoms with Gasteiger partial charge in [0.1, 0.15) is 11.6 Å². The van der Waals surface area contributed by atoms with E-state index in [-0.39, 0.29) is 30.6 Å². The zero-order chi connectivity index (χ0) is 24.2. The summed E-state index contributed by atoms with van der Waals surface area (Å²) in [5.74, 6) is -0.225. The Balaban J connectivity index is 1.42. The highest BCUT2D eigenvalue weighted by molar-refractivity contribution is 6.05. The summed E-state index contributed by atoms with van der Waals surface area (Å²) in [5, 5.41) is 0. The van der Waals surface area contributed by atoms with Gasteiger partial charge in [0.05, 0.1) is 18.2 Å². The third-order valence-corrected chi connectivity index (χ3v) is 6.91. The number of aromatic nitrogens is 2. The van der Waals surface area contributed by atoms with E-state index in [9.17, 15) is 9.59 Å². The van der Waals surface area contributed by atoms with Crippen LogP contribution in [-0.2, 0) is 21.5 Å². The molecule has 2 aromatic carbocycles. The summed E-state index contributed by atoms with van der Waals surface area (Å²) in [6, 6.07) is 10.7. The Morgan fingerprint density at radius 1 is 1.26 bits per heavy atom. The van der Waals surface area contributed by atoms with E-state index in [0.717, 1.165) is 5.82 Å². The van der Waals surface area contributed by atoms with Crippen LogP contribution in [0.25, 0.3) is 0 Å². The summed E-state index contributed by atoms with van der Waals surface area (Å²) >= 11 is 0. The van der Waals surface area contributed by atoms with Gasteiger partial charge in [-0.3, -0.25) is 9.59 Å². The van der Waals surface area contributed by atoms with E-state index in [1.165, 1.54) is 0 Å². The van der Waals surface area contributed by atoms with Crippen molar-refractivity contribution < 1.29 is 14.0 Å². The van der Waals surface area contributed by atoms with Crippen LogP contribution in [0.2, 0.25) is 0 Å². The highest BCUT2D eigenvalue weighted by Crippen LogP contribution is 2.44. The number of aryl methyl sites for hydroxylation is 1. The second kappa shape index (κ2) is 7.97. The monoisotopic (exact) mass is 461 g/mol. The predicted octanol–water partition coefficient (Wildman–Crippen LogP) is 3.64. The lowest BCUT2D eigenvalue weighted by Gasteiger charge is -2.23. The van der Waals surface area contributed by atoms with Crippen LogP contribution in [0.3, 0.4) is 0 Å². The number of carbonyl (C=O) groups is 2. The van der Waals surface area contributed by atoms with Crippen LogP contribution in [0.4, 0.5) is 21.5 Å². The number of hydrogen-bond donors (Lipinski definition) is 1. The van der Waals surface area contributed by atoms with Gasteiger partial charge in [0.2, 0.25) is 11.8 Å². The summed E-state index contributed by atoms with van der Waals surface area (Å²) in [6.45, 7) is 6.82. The van der Waals surface area contributed by atoms with Crippen LogP contribution in [0.5, 0.6) is 0 Å². The number of hydrogen-bond acceptors (Lipinski definition) is 4. The van der Waals surface area contributed by atoms with Gasteiger partial charge < -0.3 is 20.1 Å². The summed E-state index contributed by atoms with van der Waals surface area (Å²) in [7, 11) is 0. The van der Waals surface area contributed by atoms with Gasteiger partial charge in [0, 0.05) is 59.8 Å². The number of anilines is 3. The molecule has 1 fully saturated rings. The normalized spacial score (nSPS) is 19.1. The number of fused-ring (bicyclic) bond motifs is 1. The van der Waals surface area contributed by atoms with Crippen molar-refractivity contribution in [2.75, 3.05) is 28.6 Å². The molecule has 2 amide bonds. The first-order valence-electron chi connectivity index (χ1n) is 11.4. The van der Waals surface area contributed by atoms with Crippen LogP contribution >= 0.6 is 0 Å². The molecule has 1 aromatic heterocycles. The highest BCUT2D eigenvalue weighted by atomic mass is 19.1. The Kier molecular flexibility index (Phi) is 5.19. The van der Waals surface area contributed by atoms with Gasteiger partial charge in [-0.1, -0.05) is 26.0 Å². The van der Waals surface area contributed by atoms with Gasteiger partial charge in [0.25, 0.3) is 0 Å². The molecule has 176 valence electrons. The number of halogens is 1. The molecule has 2 aliphatic heterocycles. The number of amides is 2. The Bertz CT molecular complexity index is 1300. The van der Waals surface area contributed by atoms with Crippen LogP contribution in [-0.4, -0.2) is 34.5 Å². The SMILES string of the molecule is Cc1nccn1Cc1ccc2c(c1F)C(C)(C)CN2C(=O)C1CC(=O)N(c2cccc(N)c2)C1. The average molecular weight is 462 g/mol. The van der Waals surface area contributed by atoms with Crippen LogP contribution in [0, 0.1) is 18.7 Å². The number of nitrogen functional groups attached to an aromatic ring is 1. The molecule has 2 aliphatic rings. The minimum atomic E-state index is -0.550. The maximum absolute atomic E-state index is 15.7. The lowest BCUT2D eigenvalue weighted by Crippen LogP contribution is -2.39. The number of imidazole rings is 1. The second-order valence-corrected chi connectivity index (χ2v) is 9.84. The molecule has 1 unspecified atom stereocenters. The molecule has 0 saturated carbocycles. The Morgan fingerprint density at radius 2 is 2.06 bits per heavy atom. The molecule has 7 nitrogen and oxygen atoms in total. The molecule has 1 saturated heterocycles. The number of nitrogens with zero attached hydrogens (tertiary/aromatic N) is 4. The van der Waals surface area contributed by atoms with Crippen LogP contribution in [0.15, 0.2) is 48.8 Å². The van der Waals surface area contributed by atoms with Crippen molar-refractivity contribution in [2.24, 2.45) is 5.92 Å². The van der Waals surface area contributed by atoms with E-state index in [0.29, 0.717) is 41.3 Å². The van der Waals surface area contributed by atoms with E-state index >= 15 is 4.39 Å². The van der Waals surface area contributed by atoms with Crippen LogP contribution < -0.4 is 15.5 Å². The topological polar surface area (TPSA) is 84.5 Å². The van der Waals surface area contributed by atoms with Crippen molar-refractivity contribution in [3.63, 3.8) is 0 Å². The average Bonchev–Trinajstić information content (AvgIpc) is 3.45. The summed E-state index contributed by atoms with van der Waals surface area (Å²) < 4.78 is 17.6. The lowest BCUT2D eigenvalue weighted by molar-refractivity contribution is -0.124. The van der Waals surface area contributed by atoms with Gasteiger partial charge in [0.15, 0.2) is 0 Å². The highest BCUT2D eigenvalue weighted by Gasteiger charge is 2.45. The molecule has 1 atom stereocenters. The molecule has 0 radical (unpaired) electrons. The van der Waals surface area contributed by atoms with Crippen LogP contribution in [0.1, 0.15) is 37.2 Å². The van der Waals surface area contributed by atoms with E-state index < -0.39 is 11.3 Å². The minimum Gasteiger partial charge on any atom is -0.399 e. The summed E-state index contributed by atoms with van der Waals surface area (Å²) in [5.41, 5.74) is 8.27. The largest absolute Gasteiger partial charge is 0.399 e. The molecule has 8 heteroatoms. The number of nitrogens with two attached hydrogens (primary N) is 1. The molecule has 3 aromatic rings. The summed E-state index contributed by atoms with van der Waals surface area (Å²) in [6.07, 6.45) is 3.65. The molecule has 0 bridgehead atoms. The fraction of sp³-hybridized carbons (Fsp3) is 0.346. The Morgan fingerprint density at radius 3 is 2.76 bits per heavy atom. The zero-order valence-corrected chi connectivity index (χ0v) is 19.6. The van der Waals surface area contributed by atoms with Gasteiger partial charge >= 0.3 is 0 Å². The van der Waals surface area contributed by atoms with Crippen molar-refractivity contribution in [3.8, 4) is 0 Å². The first-order valence-corrected chi connectivity index (χ1v) is 11.4. The maximum Gasteiger partial charge on any atom is 0.232 e. The standard InChI is InChI=1S/C26H28FN5O2/c1-16-29-9-10-30(16)13-17-7-8-21-23(24(17)27)26(2,3)15-32(21)25(34)18-11-22(33)31(14-18)20-6-4-5-19(28)12-20/h4-10,12,18H,11,13-15,28H2,1-3H3. The first kappa shape index (κ1) is 22.1. The summed E-state index contributed by atoms with van der Waals surface area (Å²) in [4.78, 5) is 33.8. The molecule has 5 rings (SSSR count). The Labute approximate surface area is 198 Å². The van der Waals surface area contributed by atoms with Gasteiger partial charge in [-0.25, -0.2) is 9.37 Å². The van der Waals surface area contributed by atoms with Gasteiger partial charge in [-0.15, -0.1) is 0 Å². The quantitative estimate of drug-likeness (QED) is 0.602. The van der Waals surface area contributed by atoms with Gasteiger partial charge in [-0.05, 0) is 31.2 Å². The Hall–Kier alpha value is -3.68. The molecule has 34 heavy (non-hydrogen) atoms. The fourth-order valence-electron chi connectivity index (χ4n) is 5.15. The third-order valence-electron chi connectivity index (χ3n) is 6.91. The van der Waals surface area contributed by atoms with Crippen molar-refractivity contribution in [1.82, 2.24) is 9.55 Å². The molecule has 0 spiro atoms. The maximum atomic E-state index is 15.7. The fourth-order valence-corrected chi connectivity index (χ4v) is 5.15. The van der Waals surface area contributed by atoms with E-state index in [1.807, 2.05) is 43.7 Å². The molecule has 3 heterocycles. The van der Waals surface area contributed by atoms with E-state index in [2.05, 4.69) is 4.98 Å². The first-order chi connectivity index (χ1) is 16.2. The molecule has 0 aliphatic carbocycles. The second-order valence-electron chi connectivity index (χ2n) is 9.84. The van der Waals surface area contributed by atoms with E-state index in [4.69, 9.17) is 5.73 Å². The molecule has 2 N–H and O–H groups in total. The smallest absolute Gasteiger partial charge is 0.232 e. The number of benzene rings is 2. The zero-order valence-electron chi connectivity index (χ0n) is 19.6. The third kappa shape index (κ3) is 3.63. The molecular weight excluding hydrogens is 433 g/mol. The van der Waals surface area contributed by atoms with Gasteiger partial charge in [-0.2, -0.15) is 0 Å². The number of carbonyl (C=O) groups excluding carboxylic acids is 2. The van der Waals surface area contributed by atoms with Crippen molar-refractivity contribution in [3.05, 3.63) is 71.6 Å².